The molecule has 0 aromatic heterocycles. The van der Waals surface area contributed by atoms with Gasteiger partial charge in [-0.2, -0.15) is 0 Å². The maximum Gasteiger partial charge on any atom is 0.0859 e. The molecule has 0 unspecified atom stereocenters. The zero-order valence-electron chi connectivity index (χ0n) is 35.1. The van der Waals surface area contributed by atoms with E-state index in [-0.39, 0.29) is 5.41 Å². The van der Waals surface area contributed by atoms with Crippen molar-refractivity contribution in [2.24, 2.45) is 4.99 Å². The van der Waals surface area contributed by atoms with Crippen LogP contribution < -0.4 is 9.80 Å². The SMILES string of the molecule is C=Nc1ccccc1N(Cc1ccc(-c2ccc(N(c3ccc(-c4ccccc4)cc3)c3ccc(-c4ccc5c(c4)C(C)(C)c4ccccc4-5)cc3)cc2)cc1)c1ccccc1. The highest BCUT2D eigenvalue weighted by atomic mass is 15.1. The highest BCUT2D eigenvalue weighted by Gasteiger charge is 2.35. The molecule has 62 heavy (non-hydrogen) atoms. The second-order valence-corrected chi connectivity index (χ2v) is 16.5. The molecule has 0 radical (unpaired) electrons. The average Bonchev–Trinajstić information content (AvgIpc) is 3.57. The van der Waals surface area contributed by atoms with Crippen molar-refractivity contribution in [1.82, 2.24) is 0 Å². The molecule has 1 aliphatic carbocycles. The van der Waals surface area contributed by atoms with Crippen LogP contribution in [0.4, 0.5) is 34.1 Å². The van der Waals surface area contributed by atoms with Gasteiger partial charge in [-0.15, -0.1) is 0 Å². The molecule has 0 heterocycles. The van der Waals surface area contributed by atoms with Crippen LogP contribution in [0.25, 0.3) is 44.5 Å². The normalized spacial score (nSPS) is 12.3. The fourth-order valence-electron chi connectivity index (χ4n) is 9.11. The Morgan fingerprint density at radius 1 is 0.403 bits per heavy atom. The summed E-state index contributed by atoms with van der Waals surface area (Å²) in [6.45, 7) is 9.23. The number of para-hydroxylation sites is 3. The molecule has 0 spiro atoms. The van der Waals surface area contributed by atoms with Crippen LogP contribution in [0.15, 0.2) is 229 Å². The molecule has 1 aliphatic rings. The molecule has 0 N–H and O–H groups in total. The van der Waals surface area contributed by atoms with Gasteiger partial charge < -0.3 is 9.80 Å². The standard InChI is InChI=1S/C59H47N3/c1-59(2)55-19-11-10-18-53(55)54-39-32-48(40-56(54)59)47-30-37-52(38-31-47)62(50-33-26-45(27-34-50)43-14-6-4-7-15-43)51-35-28-46(29-36-51)44-24-22-42(23-25-44)41-61(49-16-8-5-9-17-49)58-21-13-12-20-57(58)60-3/h4-40H,3,41H2,1-2H3. The quantitative estimate of drug-likeness (QED) is 0.121. The minimum atomic E-state index is -0.0431. The first kappa shape index (κ1) is 38.5. The van der Waals surface area contributed by atoms with Crippen LogP contribution in [-0.4, -0.2) is 6.72 Å². The molecular formula is C59H47N3. The molecule has 0 amide bonds. The van der Waals surface area contributed by atoms with E-state index in [1.54, 1.807) is 0 Å². The van der Waals surface area contributed by atoms with Crippen LogP contribution >= 0.6 is 0 Å². The highest BCUT2D eigenvalue weighted by molar-refractivity contribution is 5.85. The van der Waals surface area contributed by atoms with Crippen molar-refractivity contribution in [1.29, 1.82) is 0 Å². The third-order valence-electron chi connectivity index (χ3n) is 12.4. The van der Waals surface area contributed by atoms with E-state index < -0.39 is 0 Å². The smallest absolute Gasteiger partial charge is 0.0859 e. The van der Waals surface area contributed by atoms with Crippen LogP contribution in [0, 0.1) is 0 Å². The number of benzene rings is 9. The third kappa shape index (κ3) is 7.29. The Balaban J connectivity index is 0.944. The molecule has 298 valence electrons. The van der Waals surface area contributed by atoms with Crippen LogP contribution in [0.1, 0.15) is 30.5 Å². The van der Waals surface area contributed by atoms with Gasteiger partial charge in [0.2, 0.25) is 0 Å². The zero-order chi connectivity index (χ0) is 42.0. The predicted molar refractivity (Wildman–Crippen MR) is 263 cm³/mol. The van der Waals surface area contributed by atoms with Crippen molar-refractivity contribution >= 4 is 40.8 Å². The highest BCUT2D eigenvalue weighted by Crippen LogP contribution is 2.49. The van der Waals surface area contributed by atoms with Crippen molar-refractivity contribution in [3.8, 4) is 44.5 Å². The minimum Gasteiger partial charge on any atom is -0.335 e. The van der Waals surface area contributed by atoms with Gasteiger partial charge in [0, 0.05) is 34.7 Å². The molecule has 0 bridgehead atoms. The second-order valence-electron chi connectivity index (χ2n) is 16.5. The summed E-state index contributed by atoms with van der Waals surface area (Å²) in [5, 5.41) is 0. The van der Waals surface area contributed by atoms with Gasteiger partial charge >= 0.3 is 0 Å². The summed E-state index contributed by atoms with van der Waals surface area (Å²) >= 11 is 0. The maximum atomic E-state index is 4.33. The molecule has 9 aromatic rings. The largest absolute Gasteiger partial charge is 0.335 e. The van der Waals surface area contributed by atoms with Crippen molar-refractivity contribution in [2.45, 2.75) is 25.8 Å². The first-order chi connectivity index (χ1) is 30.4. The number of fused-ring (bicyclic) bond motifs is 3. The Morgan fingerprint density at radius 3 is 1.45 bits per heavy atom. The average molecular weight is 798 g/mol. The first-order valence-corrected chi connectivity index (χ1v) is 21.3. The van der Waals surface area contributed by atoms with Gasteiger partial charge in [-0.05, 0) is 135 Å². The predicted octanol–water partition coefficient (Wildman–Crippen LogP) is 16.1. The lowest BCUT2D eigenvalue weighted by Crippen LogP contribution is -2.16. The van der Waals surface area contributed by atoms with E-state index in [0.29, 0.717) is 6.54 Å². The van der Waals surface area contributed by atoms with E-state index in [9.17, 15) is 0 Å². The lowest BCUT2D eigenvalue weighted by molar-refractivity contribution is 0.660. The fraction of sp³-hybridized carbons (Fsp3) is 0.0678. The number of hydrogen-bond donors (Lipinski definition) is 0. The van der Waals surface area contributed by atoms with E-state index in [4.69, 9.17) is 0 Å². The topological polar surface area (TPSA) is 18.8 Å². The van der Waals surface area contributed by atoms with Crippen molar-refractivity contribution < 1.29 is 0 Å². The summed E-state index contributed by atoms with van der Waals surface area (Å²) in [4.78, 5) is 8.98. The Morgan fingerprint density at radius 2 is 0.855 bits per heavy atom. The lowest BCUT2D eigenvalue weighted by atomic mass is 9.81. The van der Waals surface area contributed by atoms with Crippen LogP contribution in [0.2, 0.25) is 0 Å². The van der Waals surface area contributed by atoms with Gasteiger partial charge in [0.15, 0.2) is 0 Å². The Labute approximate surface area is 365 Å². The number of aliphatic imine (C=N–C) groups is 1. The number of hydrogen-bond acceptors (Lipinski definition) is 3. The van der Waals surface area contributed by atoms with Gasteiger partial charge in [-0.3, -0.25) is 4.99 Å². The summed E-state index contributed by atoms with van der Waals surface area (Å²) in [5.74, 6) is 0. The number of nitrogens with zero attached hydrogens (tertiary/aromatic N) is 3. The van der Waals surface area contributed by atoms with E-state index in [1.807, 2.05) is 18.2 Å². The summed E-state index contributed by atoms with van der Waals surface area (Å²) in [5.41, 5.74) is 20.1. The first-order valence-electron chi connectivity index (χ1n) is 21.3. The number of rotatable bonds is 11. The van der Waals surface area contributed by atoms with E-state index in [0.717, 1.165) is 39.7 Å². The zero-order valence-corrected chi connectivity index (χ0v) is 35.1. The summed E-state index contributed by atoms with van der Waals surface area (Å²) in [7, 11) is 0. The molecule has 0 fully saturated rings. The second kappa shape index (κ2) is 16.4. The summed E-state index contributed by atoms with van der Waals surface area (Å²) in [6, 6.07) is 80.8. The van der Waals surface area contributed by atoms with Crippen molar-refractivity contribution in [2.75, 3.05) is 9.80 Å². The Hall–Kier alpha value is -7.75. The summed E-state index contributed by atoms with van der Waals surface area (Å²) < 4.78 is 0. The Kier molecular flexibility index (Phi) is 10.1. The van der Waals surface area contributed by atoms with Crippen LogP contribution in [0.3, 0.4) is 0 Å². The van der Waals surface area contributed by atoms with Crippen LogP contribution in [-0.2, 0) is 12.0 Å². The molecule has 0 aliphatic heterocycles. The van der Waals surface area contributed by atoms with Gasteiger partial charge in [-0.1, -0.05) is 172 Å². The van der Waals surface area contributed by atoms with Crippen molar-refractivity contribution in [3.63, 3.8) is 0 Å². The number of anilines is 5. The molecule has 9 aromatic carbocycles. The monoisotopic (exact) mass is 797 g/mol. The summed E-state index contributed by atoms with van der Waals surface area (Å²) in [6.07, 6.45) is 0. The van der Waals surface area contributed by atoms with Gasteiger partial charge in [-0.25, -0.2) is 0 Å². The van der Waals surface area contributed by atoms with E-state index in [1.165, 1.54) is 55.6 Å². The van der Waals surface area contributed by atoms with Gasteiger partial charge in [0.25, 0.3) is 0 Å². The molecule has 0 saturated heterocycles. The van der Waals surface area contributed by atoms with E-state index in [2.05, 4.69) is 242 Å². The molecule has 0 saturated carbocycles. The van der Waals surface area contributed by atoms with E-state index >= 15 is 0 Å². The lowest BCUT2D eigenvalue weighted by Gasteiger charge is -2.27. The van der Waals surface area contributed by atoms with Gasteiger partial charge in [0.1, 0.15) is 0 Å². The molecular weight excluding hydrogens is 751 g/mol. The van der Waals surface area contributed by atoms with Crippen molar-refractivity contribution in [3.05, 3.63) is 241 Å². The third-order valence-corrected chi connectivity index (χ3v) is 12.4. The maximum absolute atomic E-state index is 4.33. The van der Waals surface area contributed by atoms with Crippen LogP contribution in [0.5, 0.6) is 0 Å². The fourth-order valence-corrected chi connectivity index (χ4v) is 9.11. The Bertz CT molecular complexity index is 2990. The van der Waals surface area contributed by atoms with Gasteiger partial charge in [0.05, 0.1) is 11.4 Å². The molecule has 0 atom stereocenters. The molecule has 10 rings (SSSR count). The minimum absolute atomic E-state index is 0.0431. The molecule has 3 heteroatoms. The molecule has 3 nitrogen and oxygen atoms in total.